The minimum atomic E-state index is -0.871. The van der Waals surface area contributed by atoms with Gasteiger partial charge in [-0.2, -0.15) is 0 Å². The summed E-state index contributed by atoms with van der Waals surface area (Å²) in [6.45, 7) is 18.5. The lowest BCUT2D eigenvalue weighted by molar-refractivity contribution is -0.133. The van der Waals surface area contributed by atoms with Gasteiger partial charge in [0, 0.05) is 28.9 Å². The van der Waals surface area contributed by atoms with E-state index >= 15 is 0 Å². The van der Waals surface area contributed by atoms with E-state index in [-0.39, 0.29) is 52.8 Å². The summed E-state index contributed by atoms with van der Waals surface area (Å²) in [5.41, 5.74) is 3.66. The van der Waals surface area contributed by atoms with Gasteiger partial charge in [-0.15, -0.1) is 0 Å². The van der Waals surface area contributed by atoms with Crippen molar-refractivity contribution in [1.29, 1.82) is 0 Å². The van der Waals surface area contributed by atoms with Crippen LogP contribution in [-0.2, 0) is 17.6 Å². The maximum atomic E-state index is 12.9. The van der Waals surface area contributed by atoms with E-state index in [0.29, 0.717) is 17.9 Å². The van der Waals surface area contributed by atoms with E-state index < -0.39 is 5.60 Å². The number of aliphatic hydroxyl groups is 1. The number of phenols is 2. The molecule has 258 valence electrons. The Hall–Kier alpha value is -2.99. The van der Waals surface area contributed by atoms with Crippen LogP contribution in [0.1, 0.15) is 140 Å². The van der Waals surface area contributed by atoms with Crippen LogP contribution in [0, 0.1) is 17.8 Å². The second-order valence-electron chi connectivity index (χ2n) is 15.7. The van der Waals surface area contributed by atoms with Gasteiger partial charge in [0.05, 0.1) is 11.5 Å². The van der Waals surface area contributed by atoms with Crippen molar-refractivity contribution in [2.24, 2.45) is 17.8 Å². The van der Waals surface area contributed by atoms with Crippen LogP contribution < -0.4 is 9.47 Å². The molecule has 6 heteroatoms. The average molecular weight is 647 g/mol. The Kier molecular flexibility index (Phi) is 10.4. The van der Waals surface area contributed by atoms with Gasteiger partial charge in [0.15, 0.2) is 0 Å². The third kappa shape index (κ3) is 6.95. The fourth-order valence-corrected chi connectivity index (χ4v) is 8.72. The van der Waals surface area contributed by atoms with Crippen molar-refractivity contribution in [2.75, 3.05) is 0 Å². The van der Waals surface area contributed by atoms with E-state index in [1.54, 1.807) is 0 Å². The molecule has 7 atom stereocenters. The minimum absolute atomic E-state index is 0.00839. The number of ether oxygens (including phenoxy) is 2. The van der Waals surface area contributed by atoms with Crippen molar-refractivity contribution in [1.82, 2.24) is 0 Å². The molecule has 2 aliphatic carbocycles. The van der Waals surface area contributed by atoms with Crippen LogP contribution in [0.5, 0.6) is 23.0 Å². The lowest BCUT2D eigenvalue weighted by atomic mass is 9.63. The van der Waals surface area contributed by atoms with Gasteiger partial charge in [-0.05, 0) is 120 Å². The molecule has 47 heavy (non-hydrogen) atoms. The molecule has 4 aliphatic rings. The fraction of sp³-hybridized carbons (Fsp3) is 0.634. The summed E-state index contributed by atoms with van der Waals surface area (Å²) in [5, 5.41) is 32.1. The molecular weight excluding hydrogens is 588 g/mol. The van der Waals surface area contributed by atoms with Gasteiger partial charge >= 0.3 is 0 Å². The summed E-state index contributed by atoms with van der Waals surface area (Å²) in [6.07, 6.45) is 10.7. The number of benzene rings is 2. The number of hydrogen-bond donors (Lipinski definition) is 3. The van der Waals surface area contributed by atoms with Gasteiger partial charge in [-0.1, -0.05) is 52.2 Å². The van der Waals surface area contributed by atoms with Crippen LogP contribution in [-0.4, -0.2) is 38.4 Å². The van der Waals surface area contributed by atoms with Gasteiger partial charge in [-0.3, -0.25) is 4.79 Å². The van der Waals surface area contributed by atoms with Crippen LogP contribution >= 0.6 is 0 Å². The molecular formula is C41H58O6. The predicted molar refractivity (Wildman–Crippen MR) is 188 cm³/mol. The number of rotatable bonds is 8. The van der Waals surface area contributed by atoms with Crippen LogP contribution in [0.4, 0.5) is 0 Å². The molecule has 2 aliphatic heterocycles. The number of Topliss-reactive ketones (excluding diaryl/α,β-unsaturated/α-hetero) is 1. The minimum Gasteiger partial charge on any atom is -0.508 e. The van der Waals surface area contributed by atoms with E-state index in [1.807, 2.05) is 39.0 Å². The highest BCUT2D eigenvalue weighted by Crippen LogP contribution is 2.57. The molecule has 0 radical (unpaired) electrons. The molecule has 0 amide bonds. The highest BCUT2D eigenvalue weighted by atomic mass is 16.5. The number of hydrogen-bond acceptors (Lipinski definition) is 6. The van der Waals surface area contributed by atoms with Gasteiger partial charge in [0.1, 0.15) is 40.5 Å². The largest absolute Gasteiger partial charge is 0.508 e. The molecule has 0 saturated heterocycles. The van der Waals surface area contributed by atoms with E-state index in [1.165, 1.54) is 12.8 Å². The second kappa shape index (κ2) is 13.9. The first-order valence-corrected chi connectivity index (χ1v) is 18.2. The molecule has 2 aromatic carbocycles. The van der Waals surface area contributed by atoms with Crippen molar-refractivity contribution in [3.05, 3.63) is 58.7 Å². The zero-order chi connectivity index (χ0) is 34.3. The van der Waals surface area contributed by atoms with Crippen LogP contribution in [0.25, 0.3) is 0 Å². The standard InChI is InChI=1S/C21H30O3.C20H28O3/c1-5-6-7-8-14-11-16(22)19-17(12-14)24-20-18(19)15(13(2)3)9-10-21(20,4)23;1-5-6-7-13-10-15(21)18-16(11-13)23-20(3,4)14-9-8-12(2)19(22)17(14)18/h11-12,15,18,20,22-23H,2,5-10H2,1,3-4H3;10-12,14,17,21H,5-9H2,1-4H3/t15-,18+,20-,21-;/m0./s1. The molecule has 3 N–H and O–H groups in total. The van der Waals surface area contributed by atoms with Crippen molar-refractivity contribution < 1.29 is 29.6 Å². The number of aromatic hydroxyl groups is 2. The normalized spacial score (nSPS) is 30.0. The zero-order valence-electron chi connectivity index (χ0n) is 29.8. The molecule has 3 unspecified atom stereocenters. The molecule has 0 aromatic heterocycles. The number of phenolic OH excluding ortho intramolecular Hbond substituents is 2. The average Bonchev–Trinajstić information content (AvgIpc) is 3.39. The summed E-state index contributed by atoms with van der Waals surface area (Å²) in [6, 6.07) is 7.82. The molecule has 2 heterocycles. The number of ketones is 1. The summed E-state index contributed by atoms with van der Waals surface area (Å²) in [5.74, 6) is 2.50. The summed E-state index contributed by atoms with van der Waals surface area (Å²) >= 11 is 0. The zero-order valence-corrected chi connectivity index (χ0v) is 29.8. The van der Waals surface area contributed by atoms with Crippen LogP contribution in [0.2, 0.25) is 0 Å². The number of carbonyl (C=O) groups excluding carboxylic acids is 1. The smallest absolute Gasteiger partial charge is 0.143 e. The number of unbranched alkanes of at least 4 members (excludes halogenated alkanes) is 3. The second-order valence-corrected chi connectivity index (χ2v) is 15.7. The summed E-state index contributed by atoms with van der Waals surface area (Å²) in [4.78, 5) is 12.9. The SMILES string of the molecule is C=C(C)[C@@H]1CC[C@](C)(O)[C@H]2Oc3cc(CCCCC)cc(O)c3[C@@H]12.CCCCc1cc(O)c2c(c1)OC(C)(C)C1CCC(C)C(=O)C21. The Morgan fingerprint density at radius 2 is 1.51 bits per heavy atom. The highest BCUT2D eigenvalue weighted by Gasteiger charge is 2.54. The fourth-order valence-electron chi connectivity index (χ4n) is 8.72. The number of aryl methyl sites for hydroxylation is 2. The molecule has 6 rings (SSSR count). The molecule has 6 nitrogen and oxygen atoms in total. The van der Waals surface area contributed by atoms with Crippen molar-refractivity contribution in [3.63, 3.8) is 0 Å². The van der Waals surface area contributed by atoms with Gasteiger partial charge in [0.25, 0.3) is 0 Å². The molecule has 2 saturated carbocycles. The number of allylic oxidation sites excluding steroid dienone is 1. The summed E-state index contributed by atoms with van der Waals surface area (Å²) < 4.78 is 12.4. The van der Waals surface area contributed by atoms with Gasteiger partial charge in [-0.25, -0.2) is 0 Å². The quantitative estimate of drug-likeness (QED) is 0.195. The topological polar surface area (TPSA) is 96.2 Å². The van der Waals surface area contributed by atoms with Crippen molar-refractivity contribution in [2.45, 2.75) is 148 Å². The van der Waals surface area contributed by atoms with Crippen LogP contribution in [0.3, 0.4) is 0 Å². The Bertz CT molecular complexity index is 1470. The van der Waals surface area contributed by atoms with Crippen molar-refractivity contribution >= 4 is 5.78 Å². The highest BCUT2D eigenvalue weighted by molar-refractivity contribution is 5.90. The third-order valence-electron chi connectivity index (χ3n) is 11.5. The number of carbonyl (C=O) groups is 1. The van der Waals surface area contributed by atoms with Gasteiger partial charge < -0.3 is 24.8 Å². The first kappa shape index (κ1) is 35.3. The van der Waals surface area contributed by atoms with E-state index in [2.05, 4.69) is 40.3 Å². The van der Waals surface area contributed by atoms with E-state index in [9.17, 15) is 20.1 Å². The Labute approximate surface area is 282 Å². The first-order valence-electron chi connectivity index (χ1n) is 18.2. The van der Waals surface area contributed by atoms with E-state index in [4.69, 9.17) is 9.47 Å². The lowest BCUT2D eigenvalue weighted by Crippen LogP contribution is -2.50. The molecule has 0 spiro atoms. The maximum Gasteiger partial charge on any atom is 0.143 e. The third-order valence-corrected chi connectivity index (χ3v) is 11.5. The van der Waals surface area contributed by atoms with Crippen LogP contribution in [0.15, 0.2) is 36.4 Å². The first-order chi connectivity index (χ1) is 22.2. The molecule has 2 fully saturated rings. The van der Waals surface area contributed by atoms with Crippen molar-refractivity contribution in [3.8, 4) is 23.0 Å². The Morgan fingerprint density at radius 1 is 0.894 bits per heavy atom. The van der Waals surface area contributed by atoms with E-state index in [0.717, 1.165) is 84.9 Å². The predicted octanol–water partition coefficient (Wildman–Crippen LogP) is 9.31. The molecule has 0 bridgehead atoms. The number of fused-ring (bicyclic) bond motifs is 6. The van der Waals surface area contributed by atoms with Gasteiger partial charge in [0.2, 0.25) is 0 Å². The molecule has 2 aromatic rings. The monoisotopic (exact) mass is 646 g/mol. The summed E-state index contributed by atoms with van der Waals surface area (Å²) in [7, 11) is 0. The Balaban J connectivity index is 0.000000185. The lowest BCUT2D eigenvalue weighted by Gasteiger charge is -2.48. The Morgan fingerprint density at radius 3 is 2.15 bits per heavy atom. The maximum absolute atomic E-state index is 12.9.